The van der Waals surface area contributed by atoms with E-state index in [9.17, 15) is 19.7 Å². The van der Waals surface area contributed by atoms with Crippen LogP contribution in [0.15, 0.2) is 77.1 Å². The van der Waals surface area contributed by atoms with Crippen molar-refractivity contribution in [2.75, 3.05) is 27.4 Å². The number of para-hydroxylation sites is 1. The van der Waals surface area contributed by atoms with Gasteiger partial charge in [0.05, 0.1) is 55.1 Å². The van der Waals surface area contributed by atoms with Crippen LogP contribution in [0.5, 0.6) is 11.6 Å². The van der Waals surface area contributed by atoms with Crippen LogP contribution in [0.3, 0.4) is 0 Å². The number of methoxy groups -OCH3 is 2. The Balaban J connectivity index is 1.29. The van der Waals surface area contributed by atoms with Gasteiger partial charge in [-0.2, -0.15) is 0 Å². The Bertz CT molecular complexity index is 1580. The average Bonchev–Trinajstić information content (AvgIpc) is 3.50. The zero-order valence-corrected chi connectivity index (χ0v) is 25.2. The highest BCUT2D eigenvalue weighted by Gasteiger charge is 2.38. The lowest BCUT2D eigenvalue weighted by Crippen LogP contribution is -2.32. The average molecular weight is 605 g/mol. The molecule has 1 aliphatic heterocycles. The van der Waals surface area contributed by atoms with Gasteiger partial charge in [-0.05, 0) is 57.2 Å². The molecule has 12 nitrogen and oxygen atoms in total. The van der Waals surface area contributed by atoms with E-state index < -0.39 is 22.8 Å². The number of ether oxygens (including phenoxy) is 4. The van der Waals surface area contributed by atoms with E-state index in [0.717, 1.165) is 36.3 Å². The summed E-state index contributed by atoms with van der Waals surface area (Å²) >= 11 is 0. The van der Waals surface area contributed by atoms with Gasteiger partial charge in [0.25, 0.3) is 5.69 Å². The lowest BCUT2D eigenvalue weighted by atomic mass is 9.80. The second-order valence-electron chi connectivity index (χ2n) is 10.2. The van der Waals surface area contributed by atoms with Crippen molar-refractivity contribution >= 4 is 17.6 Å². The first-order chi connectivity index (χ1) is 21.2. The Morgan fingerprint density at radius 2 is 1.61 bits per heavy atom. The van der Waals surface area contributed by atoms with Crippen molar-refractivity contribution in [3.05, 3.63) is 92.8 Å². The predicted molar refractivity (Wildman–Crippen MR) is 162 cm³/mol. The molecule has 0 bridgehead atoms. The monoisotopic (exact) mass is 604 g/mol. The number of nitrogens with one attached hydrogen (secondary N) is 2. The number of carbonyl (C=O) groups is 2. The third kappa shape index (κ3) is 7.44. The Hall–Kier alpha value is -5.13. The second-order valence-corrected chi connectivity index (χ2v) is 10.2. The number of nitro benzene ring substituents is 1. The number of H-pyrrole nitrogens is 1. The Morgan fingerprint density at radius 3 is 2.32 bits per heavy atom. The van der Waals surface area contributed by atoms with E-state index in [1.54, 1.807) is 27.0 Å². The maximum Gasteiger partial charge on any atom is 0.336 e. The molecule has 0 aliphatic carbocycles. The Labute approximate surface area is 255 Å². The molecule has 2 heterocycles. The van der Waals surface area contributed by atoms with Crippen LogP contribution in [0.1, 0.15) is 51.0 Å². The van der Waals surface area contributed by atoms with E-state index in [4.69, 9.17) is 18.9 Å². The zero-order chi connectivity index (χ0) is 31.6. The minimum Gasteiger partial charge on any atom is -0.496 e. The Kier molecular flexibility index (Phi) is 10.7. The number of aromatic amines is 1. The van der Waals surface area contributed by atoms with Crippen LogP contribution in [0, 0.1) is 10.1 Å². The van der Waals surface area contributed by atoms with Crippen LogP contribution in [0.2, 0.25) is 0 Å². The van der Waals surface area contributed by atoms with Gasteiger partial charge in [-0.3, -0.25) is 15.2 Å². The number of allylic oxidation sites excluding steroid dienone is 2. The molecule has 0 fully saturated rings. The molecular weight excluding hydrogens is 568 g/mol. The molecule has 0 saturated carbocycles. The number of benzene rings is 2. The summed E-state index contributed by atoms with van der Waals surface area (Å²) in [5.41, 5.74) is 3.35. The SMILES string of the molecule is COC(=O)C1=C(C)NC(C)=C(C(=O)OCCCCCCOc2cc(-c3ccccc3OC)[nH]n2)C1c1cccc([N+](=O)[O-])c1. The van der Waals surface area contributed by atoms with Crippen molar-refractivity contribution in [2.45, 2.75) is 45.4 Å². The van der Waals surface area contributed by atoms with Gasteiger partial charge >= 0.3 is 11.9 Å². The predicted octanol–water partition coefficient (Wildman–Crippen LogP) is 5.58. The van der Waals surface area contributed by atoms with Crippen LogP contribution in [0.4, 0.5) is 5.69 Å². The summed E-state index contributed by atoms with van der Waals surface area (Å²) in [6.07, 6.45) is 3.09. The first kappa shape index (κ1) is 31.8. The number of nitro groups is 1. The number of dihydropyridines is 1. The van der Waals surface area contributed by atoms with E-state index in [1.165, 1.54) is 25.3 Å². The van der Waals surface area contributed by atoms with E-state index in [1.807, 2.05) is 30.3 Å². The number of unbranched alkanes of at least 4 members (excludes halogenated alkanes) is 3. The molecule has 232 valence electrons. The molecule has 12 heteroatoms. The quantitative estimate of drug-likeness (QED) is 0.103. The highest BCUT2D eigenvalue weighted by atomic mass is 16.6. The fourth-order valence-corrected chi connectivity index (χ4v) is 5.16. The van der Waals surface area contributed by atoms with Gasteiger partial charge in [-0.25, -0.2) is 9.59 Å². The van der Waals surface area contributed by atoms with Crippen LogP contribution in [-0.2, 0) is 19.1 Å². The molecule has 0 spiro atoms. The topological polar surface area (TPSA) is 155 Å². The maximum absolute atomic E-state index is 13.3. The lowest BCUT2D eigenvalue weighted by molar-refractivity contribution is -0.384. The molecule has 44 heavy (non-hydrogen) atoms. The number of rotatable bonds is 14. The van der Waals surface area contributed by atoms with Crippen LogP contribution < -0.4 is 14.8 Å². The summed E-state index contributed by atoms with van der Waals surface area (Å²) < 4.78 is 21.8. The van der Waals surface area contributed by atoms with Gasteiger partial charge in [0.2, 0.25) is 5.88 Å². The van der Waals surface area contributed by atoms with Crippen LogP contribution in [0.25, 0.3) is 11.3 Å². The van der Waals surface area contributed by atoms with Gasteiger partial charge in [-0.15, -0.1) is 5.10 Å². The molecule has 1 aliphatic rings. The summed E-state index contributed by atoms with van der Waals surface area (Å²) in [5, 5.41) is 21.7. The van der Waals surface area contributed by atoms with Gasteiger partial charge in [-0.1, -0.05) is 24.3 Å². The van der Waals surface area contributed by atoms with Crippen molar-refractivity contribution in [1.82, 2.24) is 15.5 Å². The maximum atomic E-state index is 13.3. The minimum absolute atomic E-state index is 0.151. The summed E-state index contributed by atoms with van der Waals surface area (Å²) in [4.78, 5) is 37.0. The summed E-state index contributed by atoms with van der Waals surface area (Å²) in [6, 6.07) is 15.4. The number of hydrogen-bond acceptors (Lipinski definition) is 10. The largest absolute Gasteiger partial charge is 0.496 e. The number of esters is 2. The summed E-state index contributed by atoms with van der Waals surface area (Å²) in [7, 11) is 2.87. The summed E-state index contributed by atoms with van der Waals surface area (Å²) in [5.74, 6) is -0.896. The van der Waals surface area contributed by atoms with Crippen molar-refractivity contribution in [1.29, 1.82) is 0 Å². The highest BCUT2D eigenvalue weighted by Crippen LogP contribution is 2.40. The van der Waals surface area contributed by atoms with Gasteiger partial charge in [0.1, 0.15) is 5.75 Å². The van der Waals surface area contributed by atoms with Crippen molar-refractivity contribution < 1.29 is 33.5 Å². The number of carbonyl (C=O) groups excluding carboxylic acids is 2. The first-order valence-corrected chi connectivity index (χ1v) is 14.2. The van der Waals surface area contributed by atoms with Gasteiger partial charge < -0.3 is 24.3 Å². The van der Waals surface area contributed by atoms with Crippen LogP contribution in [-0.4, -0.2) is 54.5 Å². The molecule has 0 saturated heterocycles. The molecule has 4 rings (SSSR count). The Morgan fingerprint density at radius 1 is 0.909 bits per heavy atom. The standard InChI is InChI=1S/C32H36N4O8/c1-20-28(31(37)42-4)30(22-12-11-13-23(18-22)36(39)40)29(21(2)33-20)32(38)44-17-10-6-5-9-16-43-27-19-25(34-35-27)24-14-7-8-15-26(24)41-3/h7-8,11-15,18-19,30,33H,5-6,9-10,16-17H2,1-4H3,(H,34,35). The van der Waals surface area contributed by atoms with E-state index in [0.29, 0.717) is 35.9 Å². The van der Waals surface area contributed by atoms with E-state index >= 15 is 0 Å². The smallest absolute Gasteiger partial charge is 0.336 e. The zero-order valence-electron chi connectivity index (χ0n) is 25.2. The number of hydrogen-bond donors (Lipinski definition) is 2. The molecule has 0 amide bonds. The molecule has 1 unspecified atom stereocenters. The number of nitrogens with zero attached hydrogens (tertiary/aromatic N) is 2. The fraction of sp³-hybridized carbons (Fsp3) is 0.344. The molecule has 1 aromatic heterocycles. The molecular formula is C32H36N4O8. The van der Waals surface area contributed by atoms with E-state index in [-0.39, 0.29) is 23.4 Å². The number of aromatic nitrogens is 2. The normalized spacial score (nSPS) is 14.6. The molecule has 3 aromatic rings. The second kappa shape index (κ2) is 14.9. The molecule has 0 radical (unpaired) electrons. The lowest BCUT2D eigenvalue weighted by Gasteiger charge is -2.30. The first-order valence-electron chi connectivity index (χ1n) is 14.2. The number of non-ortho nitro benzene ring substituents is 1. The fourth-order valence-electron chi connectivity index (χ4n) is 5.16. The van der Waals surface area contributed by atoms with Gasteiger partial charge in [0.15, 0.2) is 0 Å². The molecule has 2 aromatic carbocycles. The van der Waals surface area contributed by atoms with E-state index in [2.05, 4.69) is 15.5 Å². The van der Waals surface area contributed by atoms with Crippen LogP contribution >= 0.6 is 0 Å². The highest BCUT2D eigenvalue weighted by molar-refractivity contribution is 5.99. The minimum atomic E-state index is -0.890. The van der Waals surface area contributed by atoms with Crippen molar-refractivity contribution in [3.8, 4) is 22.9 Å². The third-order valence-corrected chi connectivity index (χ3v) is 7.27. The van der Waals surface area contributed by atoms with Crippen molar-refractivity contribution in [2.24, 2.45) is 0 Å². The van der Waals surface area contributed by atoms with Crippen molar-refractivity contribution in [3.63, 3.8) is 0 Å². The molecule has 1 atom stereocenters. The van der Waals surface area contributed by atoms with Gasteiger partial charge in [0, 0.05) is 35.2 Å². The third-order valence-electron chi connectivity index (χ3n) is 7.27. The molecule has 2 N–H and O–H groups in total. The summed E-state index contributed by atoms with van der Waals surface area (Å²) in [6.45, 7) is 4.06.